The van der Waals surface area contributed by atoms with Crippen molar-refractivity contribution in [2.75, 3.05) is 13.3 Å². The van der Waals surface area contributed by atoms with Crippen LogP contribution in [0.4, 0.5) is 0 Å². The van der Waals surface area contributed by atoms with Crippen LogP contribution in [0, 0.1) is 0 Å². The zero-order valence-corrected chi connectivity index (χ0v) is 9.36. The molecule has 0 fully saturated rings. The fourth-order valence-corrected chi connectivity index (χ4v) is 0. The minimum atomic E-state index is -2.12. The molecule has 0 aromatic carbocycles. The molecule has 2 atom stereocenters. The van der Waals surface area contributed by atoms with Gasteiger partial charge in [0, 0.05) is 0 Å². The van der Waals surface area contributed by atoms with Gasteiger partial charge in [-0.3, -0.25) is 0 Å². The van der Waals surface area contributed by atoms with Gasteiger partial charge in [-0.05, 0) is 4.57 Å². The van der Waals surface area contributed by atoms with Crippen LogP contribution in [0.1, 0.15) is 0 Å². The molecule has 0 saturated heterocycles. The Morgan fingerprint density at radius 3 is 1.33 bits per heavy atom. The van der Waals surface area contributed by atoms with E-state index in [1.165, 1.54) is 6.66 Å². The predicted octanol–water partition coefficient (Wildman–Crippen LogP) is -2.93. The first-order valence-electron chi connectivity index (χ1n) is 1.64. The van der Waals surface area contributed by atoms with Gasteiger partial charge < -0.3 is 4.89 Å². The van der Waals surface area contributed by atoms with Gasteiger partial charge in [0.25, 0.3) is 0 Å². The minimum Gasteiger partial charge on any atom is -0.596 e. The molecule has 9 heavy (non-hydrogen) atoms. The molecule has 1 N–H and O–H groups in total. The van der Waals surface area contributed by atoms with Crippen molar-refractivity contribution in [3.8, 4) is 0 Å². The minimum absolute atomic E-state index is 0. The van der Waals surface area contributed by atoms with Gasteiger partial charge in [-0.2, -0.15) is 4.89 Å². The van der Waals surface area contributed by atoms with Crippen molar-refractivity contribution in [1.82, 2.24) is 0 Å². The van der Waals surface area contributed by atoms with Gasteiger partial charge in [0.2, 0.25) is 0 Å². The molecule has 2 unspecified atom stereocenters. The van der Waals surface area contributed by atoms with Crippen LogP contribution in [0.5, 0.6) is 0 Å². The summed E-state index contributed by atoms with van der Waals surface area (Å²) in [6.45, 7) is 2.35. The van der Waals surface area contributed by atoms with Gasteiger partial charge in [-0.15, -0.1) is 0 Å². The Balaban J connectivity index is -0.0000000720. The molecule has 7 heteroatoms. The Bertz CT molecular complexity index is 74.6. The molecule has 0 saturated carbocycles. The molecule has 0 heterocycles. The second kappa shape index (κ2) is 11.9. The Morgan fingerprint density at radius 2 is 1.33 bits per heavy atom. The van der Waals surface area contributed by atoms with E-state index in [0.717, 1.165) is 6.66 Å². The summed E-state index contributed by atoms with van der Waals surface area (Å²) in [5, 5.41) is 0. The molecular weight excluding hydrogens is 173 g/mol. The van der Waals surface area contributed by atoms with Crippen LogP contribution in [-0.4, -0.2) is 18.2 Å². The van der Waals surface area contributed by atoms with Gasteiger partial charge in [-0.1, -0.05) is 4.57 Å². The van der Waals surface area contributed by atoms with Crippen LogP contribution in [-0.2, 0) is 9.13 Å². The zero-order chi connectivity index (χ0) is 7.15. The number of hydrogen-bond donors (Lipinski definition) is 1. The summed E-state index contributed by atoms with van der Waals surface area (Å²) in [7, 11) is -3.99. The van der Waals surface area contributed by atoms with E-state index in [-0.39, 0.29) is 29.6 Å². The maximum absolute atomic E-state index is 9.15. The second-order valence-electron chi connectivity index (χ2n) is 0.904. The normalized spacial score (nSPS) is 9.78. The van der Waals surface area contributed by atoms with E-state index in [1.807, 2.05) is 0 Å². The van der Waals surface area contributed by atoms with Crippen LogP contribution in [0.25, 0.3) is 0 Å². The average molecular weight is 180 g/mol. The Hall–Kier alpha value is 1.12. The fourth-order valence-electron chi connectivity index (χ4n) is 0. The quantitative estimate of drug-likeness (QED) is 0.320. The molecule has 0 aliphatic carbocycles. The maximum atomic E-state index is 9.15. The van der Waals surface area contributed by atoms with E-state index < -0.39 is 16.1 Å². The topological polar surface area (TPSA) is 77.4 Å². The smallest absolute Gasteiger partial charge is 0.596 e. The van der Waals surface area contributed by atoms with Crippen molar-refractivity contribution < 1.29 is 48.5 Å². The van der Waals surface area contributed by atoms with Gasteiger partial charge in [0.15, 0.2) is 6.66 Å². The van der Waals surface area contributed by atoms with Gasteiger partial charge in [0.1, 0.15) is 6.66 Å². The van der Waals surface area contributed by atoms with Crippen LogP contribution < -0.4 is 34.5 Å². The molecule has 0 radical (unpaired) electrons. The van der Waals surface area contributed by atoms with Gasteiger partial charge >= 0.3 is 45.6 Å². The van der Waals surface area contributed by atoms with E-state index in [0.29, 0.717) is 0 Å². The van der Waals surface area contributed by atoms with Crippen LogP contribution in [0.2, 0.25) is 0 Å². The number of hydrogen-bond acceptors (Lipinski definition) is 3. The first-order valence-corrected chi connectivity index (χ1v) is 4.93. The third-order valence-corrected chi connectivity index (χ3v) is 0. The average Bonchev–Trinajstić information content (AvgIpc) is 1.25. The Kier molecular flexibility index (Phi) is 21.9. The van der Waals surface area contributed by atoms with Crippen molar-refractivity contribution >= 4 is 16.1 Å². The summed E-state index contributed by atoms with van der Waals surface area (Å²) in [5.74, 6) is 0. The molecule has 48 valence electrons. The summed E-state index contributed by atoms with van der Waals surface area (Å²) < 4.78 is 18.2. The van der Waals surface area contributed by atoms with E-state index in [2.05, 4.69) is 0 Å². The van der Waals surface area contributed by atoms with Crippen LogP contribution >= 0.6 is 16.1 Å². The first kappa shape index (κ1) is 16.6. The molecule has 0 amide bonds. The fraction of sp³-hybridized carbons (Fsp3) is 1.00. The summed E-state index contributed by atoms with van der Waals surface area (Å²) in [6.07, 6.45) is 0. The Morgan fingerprint density at radius 1 is 1.33 bits per heavy atom. The molecule has 0 aliphatic heterocycles. The van der Waals surface area contributed by atoms with E-state index in [1.54, 1.807) is 0 Å². The van der Waals surface area contributed by atoms with Gasteiger partial charge in [0.05, 0.1) is 0 Å². The van der Waals surface area contributed by atoms with Crippen molar-refractivity contribution in [3.05, 3.63) is 0 Å². The first-order chi connectivity index (χ1) is 3.46. The van der Waals surface area contributed by atoms with E-state index in [4.69, 9.17) is 18.9 Å². The largest absolute Gasteiger partial charge is 1.00 e. The number of rotatable bonds is 0. The third kappa shape index (κ3) is 369. The predicted molar refractivity (Wildman–Crippen MR) is 29.3 cm³/mol. The molecule has 0 rings (SSSR count). The Labute approximate surface area is 77.7 Å². The monoisotopic (exact) mass is 180 g/mol. The van der Waals surface area contributed by atoms with Crippen molar-refractivity contribution in [1.29, 1.82) is 0 Å². The van der Waals surface area contributed by atoms with E-state index in [9.17, 15) is 0 Å². The van der Waals surface area contributed by atoms with Crippen LogP contribution in [0.15, 0.2) is 0 Å². The molecule has 0 aromatic heterocycles. The SMILES string of the molecule is C[P+](=O)O.C[P+](=O)[O-].[Na+]. The third-order valence-electron chi connectivity index (χ3n) is 0. The van der Waals surface area contributed by atoms with Gasteiger partial charge in [-0.25, -0.2) is 0 Å². The van der Waals surface area contributed by atoms with Crippen molar-refractivity contribution in [3.63, 3.8) is 0 Å². The maximum Gasteiger partial charge on any atom is 1.00 e. The summed E-state index contributed by atoms with van der Waals surface area (Å²) in [6, 6.07) is 0. The summed E-state index contributed by atoms with van der Waals surface area (Å²) >= 11 is 0. The molecule has 0 spiro atoms. The van der Waals surface area contributed by atoms with E-state index >= 15 is 0 Å². The van der Waals surface area contributed by atoms with Crippen LogP contribution in [0.3, 0.4) is 0 Å². The van der Waals surface area contributed by atoms with Crippen molar-refractivity contribution in [2.45, 2.75) is 0 Å². The molecule has 0 aliphatic rings. The molecule has 0 aromatic rings. The summed E-state index contributed by atoms with van der Waals surface area (Å²) in [4.78, 5) is 16.6. The molecule has 4 nitrogen and oxygen atoms in total. The van der Waals surface area contributed by atoms with Crippen molar-refractivity contribution in [2.24, 2.45) is 0 Å². The summed E-state index contributed by atoms with van der Waals surface area (Å²) in [5.41, 5.74) is 0. The second-order valence-corrected chi connectivity index (χ2v) is 2.71. The molecular formula is C2H7NaO4P2+2. The molecule has 0 bridgehead atoms. The standard InChI is InChI=1S/2CH3O2P.Na/c2*1-4(2)3;/h2*1H3;/q;;+1/p+1. The zero-order valence-electron chi connectivity index (χ0n) is 5.57.